The zero-order chi connectivity index (χ0) is 10.3. The normalized spacial score (nSPS) is 11.4. The van der Waals surface area contributed by atoms with E-state index in [9.17, 15) is 4.79 Å². The van der Waals surface area contributed by atoms with E-state index in [0.29, 0.717) is 6.61 Å². The summed E-state index contributed by atoms with van der Waals surface area (Å²) in [6.07, 6.45) is 2.39. The lowest BCUT2D eigenvalue weighted by Crippen LogP contribution is -2.31. The fourth-order valence-corrected chi connectivity index (χ4v) is 1.38. The highest BCUT2D eigenvalue weighted by molar-refractivity contribution is 5.76. The average molecular weight is 188 g/mol. The van der Waals surface area contributed by atoms with Gasteiger partial charge in [0.25, 0.3) is 0 Å². The van der Waals surface area contributed by atoms with Crippen molar-refractivity contribution in [3.8, 4) is 0 Å². The number of carbonyl (C=O) groups is 1. The molecule has 0 bridgehead atoms. The molecule has 0 saturated carbocycles. The fourth-order valence-electron chi connectivity index (χ4n) is 1.38. The number of hydrogen-bond donors (Lipinski definition) is 0. The summed E-state index contributed by atoms with van der Waals surface area (Å²) in [7, 11) is 0. The van der Waals surface area contributed by atoms with Crippen molar-refractivity contribution in [2.45, 2.75) is 47.0 Å². The van der Waals surface area contributed by atoms with Crippen LogP contribution in [-0.2, 0) is 14.6 Å². The predicted octanol–water partition coefficient (Wildman–Crippen LogP) is 2.70. The van der Waals surface area contributed by atoms with Gasteiger partial charge in [-0.3, -0.25) is 4.89 Å². The Bertz CT molecular complexity index is 142. The lowest BCUT2D eigenvalue weighted by Gasteiger charge is -2.26. The maximum absolute atomic E-state index is 11.6. The Labute approximate surface area is 80.3 Å². The van der Waals surface area contributed by atoms with Crippen molar-refractivity contribution >= 4 is 5.97 Å². The van der Waals surface area contributed by atoms with E-state index in [1.165, 1.54) is 0 Å². The Kier molecular flexibility index (Phi) is 5.71. The zero-order valence-electron chi connectivity index (χ0n) is 9.05. The second-order valence-electron chi connectivity index (χ2n) is 3.12. The van der Waals surface area contributed by atoms with Crippen molar-refractivity contribution in [1.82, 2.24) is 0 Å². The van der Waals surface area contributed by atoms with Crippen LogP contribution in [0.4, 0.5) is 0 Å². The summed E-state index contributed by atoms with van der Waals surface area (Å²) in [6.45, 7) is 8.19. The fraction of sp³-hybridized carbons (Fsp3) is 0.900. The van der Waals surface area contributed by atoms with Gasteiger partial charge in [-0.2, -0.15) is 4.89 Å². The molecule has 0 unspecified atom stereocenters. The number of rotatable bonds is 6. The zero-order valence-corrected chi connectivity index (χ0v) is 9.05. The maximum atomic E-state index is 11.6. The molecule has 0 radical (unpaired) electrons. The topological polar surface area (TPSA) is 35.5 Å². The average Bonchev–Trinajstić information content (AvgIpc) is 2.18. The van der Waals surface area contributed by atoms with Crippen LogP contribution in [0, 0.1) is 5.41 Å². The standard InChI is InChI=1S/C10H20O3/c1-5-10(6-2,7-3)9(11)13-12-8-4/h5-8H2,1-4H3. The van der Waals surface area contributed by atoms with E-state index in [-0.39, 0.29) is 11.4 Å². The van der Waals surface area contributed by atoms with Gasteiger partial charge in [0, 0.05) is 0 Å². The highest BCUT2D eigenvalue weighted by Gasteiger charge is 2.35. The Morgan fingerprint density at radius 3 is 1.85 bits per heavy atom. The molecule has 0 heterocycles. The quantitative estimate of drug-likeness (QED) is 0.475. The van der Waals surface area contributed by atoms with Crippen LogP contribution in [0.1, 0.15) is 47.0 Å². The number of carbonyl (C=O) groups excluding carboxylic acids is 1. The summed E-state index contributed by atoms with van der Waals surface area (Å²) in [6, 6.07) is 0. The molecule has 0 N–H and O–H groups in total. The highest BCUT2D eigenvalue weighted by Crippen LogP contribution is 2.31. The van der Waals surface area contributed by atoms with Crippen LogP contribution in [0.15, 0.2) is 0 Å². The van der Waals surface area contributed by atoms with Gasteiger partial charge >= 0.3 is 5.97 Å². The SMILES string of the molecule is CCOOC(=O)C(CC)(CC)CC. The molecule has 0 aromatic rings. The van der Waals surface area contributed by atoms with E-state index in [1.807, 2.05) is 20.8 Å². The first-order valence-electron chi connectivity index (χ1n) is 5.00. The molecule has 0 amide bonds. The van der Waals surface area contributed by atoms with Crippen LogP contribution in [0.5, 0.6) is 0 Å². The smallest absolute Gasteiger partial charge is 0.298 e. The Morgan fingerprint density at radius 2 is 1.54 bits per heavy atom. The van der Waals surface area contributed by atoms with E-state index >= 15 is 0 Å². The molecule has 0 aromatic carbocycles. The summed E-state index contributed by atoms with van der Waals surface area (Å²) >= 11 is 0. The first kappa shape index (κ1) is 12.4. The maximum Gasteiger partial charge on any atom is 0.348 e. The lowest BCUT2D eigenvalue weighted by atomic mass is 9.80. The third-order valence-electron chi connectivity index (χ3n) is 2.72. The first-order chi connectivity index (χ1) is 6.16. The van der Waals surface area contributed by atoms with Crippen LogP contribution < -0.4 is 0 Å². The molecule has 0 fully saturated rings. The minimum absolute atomic E-state index is 0.234. The van der Waals surface area contributed by atoms with Gasteiger partial charge in [-0.25, -0.2) is 4.79 Å². The van der Waals surface area contributed by atoms with Crippen molar-refractivity contribution in [2.24, 2.45) is 5.41 Å². The van der Waals surface area contributed by atoms with Crippen molar-refractivity contribution in [1.29, 1.82) is 0 Å². The minimum Gasteiger partial charge on any atom is -0.298 e. The lowest BCUT2D eigenvalue weighted by molar-refractivity contribution is -0.279. The van der Waals surface area contributed by atoms with E-state index in [0.717, 1.165) is 19.3 Å². The molecule has 13 heavy (non-hydrogen) atoms. The Balaban J connectivity index is 4.26. The summed E-state index contributed by atoms with van der Waals surface area (Å²) in [5.74, 6) is -0.234. The van der Waals surface area contributed by atoms with Crippen LogP contribution in [0.3, 0.4) is 0 Å². The molecule has 0 rings (SSSR count). The van der Waals surface area contributed by atoms with E-state index in [4.69, 9.17) is 4.89 Å². The Hall–Kier alpha value is -0.570. The van der Waals surface area contributed by atoms with Crippen LogP contribution >= 0.6 is 0 Å². The largest absolute Gasteiger partial charge is 0.348 e. The molecule has 0 aliphatic heterocycles. The molecular weight excluding hydrogens is 168 g/mol. The van der Waals surface area contributed by atoms with Gasteiger partial charge in [-0.15, -0.1) is 0 Å². The van der Waals surface area contributed by atoms with Crippen molar-refractivity contribution in [3.05, 3.63) is 0 Å². The second-order valence-corrected chi connectivity index (χ2v) is 3.12. The summed E-state index contributed by atoms with van der Waals surface area (Å²) in [5, 5.41) is 0. The molecule has 0 spiro atoms. The Morgan fingerprint density at radius 1 is 1.08 bits per heavy atom. The van der Waals surface area contributed by atoms with Crippen molar-refractivity contribution in [2.75, 3.05) is 6.61 Å². The van der Waals surface area contributed by atoms with Crippen molar-refractivity contribution in [3.63, 3.8) is 0 Å². The molecule has 0 aromatic heterocycles. The molecule has 0 aliphatic rings. The van der Waals surface area contributed by atoms with Gasteiger partial charge in [-0.1, -0.05) is 20.8 Å². The first-order valence-corrected chi connectivity index (χ1v) is 5.00. The third kappa shape index (κ3) is 2.99. The molecule has 3 heteroatoms. The van der Waals surface area contributed by atoms with Crippen molar-refractivity contribution < 1.29 is 14.6 Å². The second kappa shape index (κ2) is 5.97. The summed E-state index contributed by atoms with van der Waals surface area (Å²) < 4.78 is 0. The van der Waals surface area contributed by atoms with Gasteiger partial charge in [-0.05, 0) is 26.2 Å². The highest BCUT2D eigenvalue weighted by atomic mass is 17.2. The molecule has 0 aliphatic carbocycles. The molecule has 0 saturated heterocycles. The van der Waals surface area contributed by atoms with Gasteiger partial charge in [0.1, 0.15) is 0 Å². The van der Waals surface area contributed by atoms with Gasteiger partial charge < -0.3 is 0 Å². The van der Waals surface area contributed by atoms with Crippen LogP contribution in [0.2, 0.25) is 0 Å². The molecule has 78 valence electrons. The third-order valence-corrected chi connectivity index (χ3v) is 2.72. The molecule has 3 nitrogen and oxygen atoms in total. The number of hydrogen-bond acceptors (Lipinski definition) is 3. The van der Waals surface area contributed by atoms with Gasteiger partial charge in [0.15, 0.2) is 0 Å². The minimum atomic E-state index is -0.352. The molecular formula is C10H20O3. The van der Waals surface area contributed by atoms with E-state index < -0.39 is 0 Å². The molecule has 0 atom stereocenters. The summed E-state index contributed by atoms with van der Waals surface area (Å²) in [4.78, 5) is 20.9. The van der Waals surface area contributed by atoms with Crippen LogP contribution in [0.25, 0.3) is 0 Å². The van der Waals surface area contributed by atoms with E-state index in [2.05, 4.69) is 4.89 Å². The summed E-state index contributed by atoms with van der Waals surface area (Å²) in [5.41, 5.74) is -0.352. The van der Waals surface area contributed by atoms with Crippen LogP contribution in [-0.4, -0.2) is 12.6 Å². The monoisotopic (exact) mass is 188 g/mol. The van der Waals surface area contributed by atoms with Gasteiger partial charge in [0.2, 0.25) is 0 Å². The van der Waals surface area contributed by atoms with E-state index in [1.54, 1.807) is 6.92 Å². The predicted molar refractivity (Wildman–Crippen MR) is 51.0 cm³/mol. The van der Waals surface area contributed by atoms with Gasteiger partial charge in [0.05, 0.1) is 12.0 Å².